The summed E-state index contributed by atoms with van der Waals surface area (Å²) in [4.78, 5) is 12.8. The fourth-order valence-electron chi connectivity index (χ4n) is 3.56. The van der Waals surface area contributed by atoms with E-state index in [-0.39, 0.29) is 17.3 Å². The van der Waals surface area contributed by atoms with Crippen LogP contribution in [0.3, 0.4) is 0 Å². The van der Waals surface area contributed by atoms with Crippen LogP contribution in [-0.2, 0) is 23.0 Å². The number of benzene rings is 3. The number of sulfonamides is 1. The van der Waals surface area contributed by atoms with Crippen LogP contribution in [0.5, 0.6) is 0 Å². The minimum atomic E-state index is -3.62. The van der Waals surface area contributed by atoms with Crippen molar-refractivity contribution in [2.45, 2.75) is 24.8 Å². The Morgan fingerprint density at radius 3 is 2.50 bits per heavy atom. The summed E-state index contributed by atoms with van der Waals surface area (Å²) in [5.74, 6) is -0.194. The molecule has 0 aliphatic carbocycles. The van der Waals surface area contributed by atoms with Gasteiger partial charge in [0.2, 0.25) is 10.0 Å². The molecule has 4 rings (SSSR count). The molecule has 5 nitrogen and oxygen atoms in total. The van der Waals surface area contributed by atoms with E-state index in [0.29, 0.717) is 29.2 Å². The first-order chi connectivity index (χ1) is 14.3. The Morgan fingerprint density at radius 2 is 1.77 bits per heavy atom. The maximum absolute atomic E-state index is 13.0. The maximum Gasteiger partial charge on any atom is 0.255 e. The molecule has 0 saturated heterocycles. The predicted molar refractivity (Wildman–Crippen MR) is 118 cm³/mol. The van der Waals surface area contributed by atoms with Gasteiger partial charge in [0.15, 0.2) is 0 Å². The molecule has 154 valence electrons. The molecule has 0 aromatic heterocycles. The first-order valence-corrected chi connectivity index (χ1v) is 11.4. The standard InChI is InChI=1S/C23H21ClN2O3S/c1-16-3-2-4-18(13-16)23(27)25-21-8-5-17-11-12-26(15-19(17)14-21)30(28,29)22-9-6-20(24)7-10-22/h2-10,13-14H,11-12,15H2,1H3,(H,25,27). The van der Waals surface area contributed by atoms with Crippen molar-refractivity contribution in [3.63, 3.8) is 0 Å². The van der Waals surface area contributed by atoms with Gasteiger partial charge >= 0.3 is 0 Å². The number of amides is 1. The average Bonchev–Trinajstić information content (AvgIpc) is 2.73. The van der Waals surface area contributed by atoms with E-state index in [1.165, 1.54) is 16.4 Å². The van der Waals surface area contributed by atoms with Crippen molar-refractivity contribution in [2.24, 2.45) is 0 Å². The number of rotatable bonds is 4. The summed E-state index contributed by atoms with van der Waals surface area (Å²) in [5.41, 5.74) is 4.22. The van der Waals surface area contributed by atoms with Gasteiger partial charge in [-0.15, -0.1) is 0 Å². The van der Waals surface area contributed by atoms with Crippen molar-refractivity contribution < 1.29 is 13.2 Å². The van der Waals surface area contributed by atoms with Gasteiger partial charge in [-0.05, 0) is 73.0 Å². The maximum atomic E-state index is 13.0. The average molecular weight is 441 g/mol. The highest BCUT2D eigenvalue weighted by Crippen LogP contribution is 2.28. The SMILES string of the molecule is Cc1cccc(C(=O)Nc2ccc3c(c2)CN(S(=O)(=O)c2ccc(Cl)cc2)CC3)c1. The number of anilines is 1. The third-order valence-corrected chi connectivity index (χ3v) is 7.28. The van der Waals surface area contributed by atoms with E-state index in [2.05, 4.69) is 5.32 Å². The van der Waals surface area contributed by atoms with Crippen molar-refractivity contribution in [3.8, 4) is 0 Å². The van der Waals surface area contributed by atoms with Gasteiger partial charge in [-0.3, -0.25) is 4.79 Å². The van der Waals surface area contributed by atoms with E-state index >= 15 is 0 Å². The summed E-state index contributed by atoms with van der Waals surface area (Å²) in [5, 5.41) is 3.40. The zero-order chi connectivity index (χ0) is 21.3. The molecule has 0 saturated carbocycles. The Kier molecular flexibility index (Phi) is 5.64. The molecule has 1 aliphatic rings. The first-order valence-electron chi connectivity index (χ1n) is 9.58. The zero-order valence-electron chi connectivity index (χ0n) is 16.4. The van der Waals surface area contributed by atoms with Gasteiger partial charge < -0.3 is 5.32 Å². The van der Waals surface area contributed by atoms with Crippen LogP contribution >= 0.6 is 11.6 Å². The van der Waals surface area contributed by atoms with E-state index in [9.17, 15) is 13.2 Å². The molecule has 1 amide bonds. The Hall–Kier alpha value is -2.67. The number of fused-ring (bicyclic) bond motifs is 1. The van der Waals surface area contributed by atoms with Gasteiger partial charge in [-0.2, -0.15) is 4.31 Å². The molecule has 1 N–H and O–H groups in total. The van der Waals surface area contributed by atoms with E-state index in [1.807, 2.05) is 43.3 Å². The van der Waals surface area contributed by atoms with Crippen LogP contribution in [-0.4, -0.2) is 25.2 Å². The molecule has 30 heavy (non-hydrogen) atoms. The lowest BCUT2D eigenvalue weighted by Gasteiger charge is -2.28. The van der Waals surface area contributed by atoms with Crippen LogP contribution in [0.1, 0.15) is 27.0 Å². The normalized spacial score (nSPS) is 14.2. The van der Waals surface area contributed by atoms with Crippen molar-refractivity contribution in [2.75, 3.05) is 11.9 Å². The lowest BCUT2D eigenvalue weighted by molar-refractivity contribution is 0.102. The van der Waals surface area contributed by atoms with Gasteiger partial charge in [0, 0.05) is 29.4 Å². The molecule has 0 unspecified atom stereocenters. The number of hydrogen-bond donors (Lipinski definition) is 1. The molecule has 0 atom stereocenters. The number of nitrogens with zero attached hydrogens (tertiary/aromatic N) is 1. The Balaban J connectivity index is 1.55. The number of carbonyl (C=O) groups excluding carboxylic acids is 1. The van der Waals surface area contributed by atoms with Crippen LogP contribution in [0.4, 0.5) is 5.69 Å². The summed E-state index contributed by atoms with van der Waals surface area (Å²) in [6, 6.07) is 19.2. The fourth-order valence-corrected chi connectivity index (χ4v) is 5.10. The highest BCUT2D eigenvalue weighted by Gasteiger charge is 2.28. The Bertz CT molecular complexity index is 1210. The van der Waals surface area contributed by atoms with Gasteiger partial charge in [-0.1, -0.05) is 35.4 Å². The monoisotopic (exact) mass is 440 g/mol. The lowest BCUT2D eigenvalue weighted by atomic mass is 10.0. The zero-order valence-corrected chi connectivity index (χ0v) is 18.0. The van der Waals surface area contributed by atoms with E-state index in [0.717, 1.165) is 16.7 Å². The highest BCUT2D eigenvalue weighted by atomic mass is 35.5. The molecular weight excluding hydrogens is 420 g/mol. The molecule has 0 radical (unpaired) electrons. The fraction of sp³-hybridized carbons (Fsp3) is 0.174. The quantitative estimate of drug-likeness (QED) is 0.642. The van der Waals surface area contributed by atoms with Gasteiger partial charge in [-0.25, -0.2) is 8.42 Å². The van der Waals surface area contributed by atoms with Crippen molar-refractivity contribution in [3.05, 3.63) is 94.0 Å². The van der Waals surface area contributed by atoms with Crippen molar-refractivity contribution in [1.29, 1.82) is 0 Å². The summed E-state index contributed by atoms with van der Waals surface area (Å²) in [7, 11) is -3.62. The number of hydrogen-bond acceptors (Lipinski definition) is 3. The van der Waals surface area contributed by atoms with Gasteiger partial charge in [0.05, 0.1) is 4.90 Å². The third-order valence-electron chi connectivity index (χ3n) is 5.17. The second-order valence-corrected chi connectivity index (χ2v) is 9.72. The second kappa shape index (κ2) is 8.22. The smallest absolute Gasteiger partial charge is 0.255 e. The second-order valence-electron chi connectivity index (χ2n) is 7.35. The number of halogens is 1. The van der Waals surface area contributed by atoms with Gasteiger partial charge in [0.1, 0.15) is 0 Å². The molecule has 0 fully saturated rings. The van der Waals surface area contributed by atoms with E-state index < -0.39 is 10.0 Å². The van der Waals surface area contributed by atoms with Gasteiger partial charge in [0.25, 0.3) is 5.91 Å². The largest absolute Gasteiger partial charge is 0.322 e. The van der Waals surface area contributed by atoms with Crippen LogP contribution in [0, 0.1) is 6.92 Å². The summed E-state index contributed by atoms with van der Waals surface area (Å²) < 4.78 is 27.5. The molecule has 0 spiro atoms. The first kappa shape index (κ1) is 20.6. The predicted octanol–water partition coefficient (Wildman–Crippen LogP) is 4.65. The van der Waals surface area contributed by atoms with Crippen molar-refractivity contribution in [1.82, 2.24) is 4.31 Å². The molecule has 1 aliphatic heterocycles. The molecule has 0 bridgehead atoms. The number of aryl methyl sites for hydroxylation is 1. The Labute approximate surface area is 181 Å². The summed E-state index contributed by atoms with van der Waals surface area (Å²) in [6.45, 7) is 2.60. The molecule has 3 aromatic rings. The minimum Gasteiger partial charge on any atom is -0.322 e. The number of nitrogens with one attached hydrogen (secondary N) is 1. The van der Waals surface area contributed by atoms with Crippen LogP contribution in [0.2, 0.25) is 5.02 Å². The Morgan fingerprint density at radius 1 is 1.00 bits per heavy atom. The molecular formula is C23H21ClN2O3S. The third kappa shape index (κ3) is 4.26. The number of carbonyl (C=O) groups is 1. The van der Waals surface area contributed by atoms with Crippen LogP contribution < -0.4 is 5.32 Å². The van der Waals surface area contributed by atoms with E-state index in [4.69, 9.17) is 11.6 Å². The summed E-state index contributed by atoms with van der Waals surface area (Å²) >= 11 is 5.88. The highest BCUT2D eigenvalue weighted by molar-refractivity contribution is 7.89. The van der Waals surface area contributed by atoms with Crippen molar-refractivity contribution >= 4 is 33.2 Å². The molecule has 3 aromatic carbocycles. The van der Waals surface area contributed by atoms with E-state index in [1.54, 1.807) is 18.2 Å². The van der Waals surface area contributed by atoms with Crippen LogP contribution in [0.25, 0.3) is 0 Å². The topological polar surface area (TPSA) is 66.5 Å². The molecule has 1 heterocycles. The lowest BCUT2D eigenvalue weighted by Crippen LogP contribution is -2.36. The molecule has 7 heteroatoms. The summed E-state index contributed by atoms with van der Waals surface area (Å²) in [6.07, 6.45) is 0.619. The minimum absolute atomic E-state index is 0.194. The van der Waals surface area contributed by atoms with Crippen LogP contribution in [0.15, 0.2) is 71.6 Å².